The van der Waals surface area contributed by atoms with Crippen LogP contribution in [-0.4, -0.2) is 51.2 Å². The number of pyridine rings is 1. The average Bonchev–Trinajstić information content (AvgIpc) is 2.66. The maximum atomic E-state index is 14.8. The minimum Gasteiger partial charge on any atom is -0.449 e. The lowest BCUT2D eigenvalue weighted by Gasteiger charge is -2.15. The third-order valence-electron chi connectivity index (χ3n) is 3.52. The summed E-state index contributed by atoms with van der Waals surface area (Å²) in [5, 5.41) is 2.78. The van der Waals surface area contributed by atoms with Gasteiger partial charge in [0.15, 0.2) is 11.6 Å². The van der Waals surface area contributed by atoms with Crippen LogP contribution in [0.3, 0.4) is 0 Å². The summed E-state index contributed by atoms with van der Waals surface area (Å²) < 4.78 is 64.7. The molecule has 0 unspecified atom stereocenters. The maximum Gasteiger partial charge on any atom is 0.303 e. The fourth-order valence-corrected chi connectivity index (χ4v) is 2.82. The van der Waals surface area contributed by atoms with Gasteiger partial charge in [-0.1, -0.05) is 11.6 Å². The number of halogens is 3. The molecule has 0 spiro atoms. The summed E-state index contributed by atoms with van der Waals surface area (Å²) in [6.45, 7) is -0.224. The number of carbonyl (C=O) groups is 2. The normalized spacial score (nSPS) is 11.2. The lowest BCUT2D eigenvalue weighted by Crippen LogP contribution is -2.39. The minimum absolute atomic E-state index is 0.0959. The Bertz CT molecular complexity index is 1100. The van der Waals surface area contributed by atoms with E-state index in [4.69, 9.17) is 16.3 Å². The summed E-state index contributed by atoms with van der Waals surface area (Å²) in [6.07, 6.45) is 1.13. The van der Waals surface area contributed by atoms with Crippen molar-refractivity contribution < 1.29 is 36.3 Å². The molecule has 0 bridgehead atoms. The molecule has 0 aliphatic heterocycles. The summed E-state index contributed by atoms with van der Waals surface area (Å²) in [5.41, 5.74) is -1.04. The fourth-order valence-electron chi connectivity index (χ4n) is 2.04. The fraction of sp³-hybridized carbons (Fsp3) is 0.188. The van der Waals surface area contributed by atoms with Crippen LogP contribution in [0.25, 0.3) is 0 Å². The third-order valence-corrected chi connectivity index (χ3v) is 5.21. The van der Waals surface area contributed by atoms with Crippen molar-refractivity contribution in [2.75, 3.05) is 26.5 Å². The topological polar surface area (TPSA) is 127 Å². The van der Waals surface area contributed by atoms with Crippen LogP contribution in [0.2, 0.25) is 5.02 Å². The van der Waals surface area contributed by atoms with Gasteiger partial charge in [0, 0.05) is 27.2 Å². The van der Waals surface area contributed by atoms with Crippen molar-refractivity contribution >= 4 is 40.0 Å². The molecule has 0 aliphatic carbocycles. The van der Waals surface area contributed by atoms with Crippen LogP contribution in [0.1, 0.15) is 10.4 Å². The van der Waals surface area contributed by atoms with Crippen molar-refractivity contribution in [1.29, 1.82) is 0 Å². The second-order valence-electron chi connectivity index (χ2n) is 5.66. The molecule has 0 saturated carbocycles. The van der Waals surface area contributed by atoms with Crippen molar-refractivity contribution in [2.24, 2.45) is 0 Å². The first-order valence-electron chi connectivity index (χ1n) is 7.89. The highest BCUT2D eigenvalue weighted by atomic mass is 35.5. The third kappa shape index (κ3) is 4.93. The van der Waals surface area contributed by atoms with Crippen LogP contribution < -0.4 is 19.5 Å². The Morgan fingerprint density at radius 3 is 2.47 bits per heavy atom. The van der Waals surface area contributed by atoms with E-state index in [1.165, 1.54) is 10.8 Å². The molecule has 14 heteroatoms. The van der Waals surface area contributed by atoms with Gasteiger partial charge in [0.2, 0.25) is 11.5 Å². The standard InChI is InChI=1S/C16H15ClF2N4O6S/c1-20-15-10(17)4-8(6-21-15)29-13-11(18)5-9(12(19)14(13)28-7-24)16(25)22-30(26,27)23(2)3/h4-7H,1-3H3,(H,20,21)(H,22,25). The monoisotopic (exact) mass is 464 g/mol. The van der Waals surface area contributed by atoms with Crippen LogP contribution in [-0.2, 0) is 15.0 Å². The number of nitrogens with one attached hydrogen (secondary N) is 2. The summed E-state index contributed by atoms with van der Waals surface area (Å²) in [6, 6.07) is 1.62. The molecule has 162 valence electrons. The van der Waals surface area contributed by atoms with Gasteiger partial charge < -0.3 is 14.8 Å². The molecule has 30 heavy (non-hydrogen) atoms. The number of hydrogen-bond donors (Lipinski definition) is 2. The Balaban J connectivity index is 2.51. The van der Waals surface area contributed by atoms with Crippen LogP contribution in [0.15, 0.2) is 18.3 Å². The van der Waals surface area contributed by atoms with Gasteiger partial charge in [0.1, 0.15) is 11.6 Å². The Morgan fingerprint density at radius 1 is 1.27 bits per heavy atom. The van der Waals surface area contributed by atoms with Crippen molar-refractivity contribution in [2.45, 2.75) is 0 Å². The molecule has 2 N–H and O–H groups in total. The Kier molecular flexibility index (Phi) is 7.12. The predicted octanol–water partition coefficient (Wildman–Crippen LogP) is 1.92. The first-order chi connectivity index (χ1) is 14.0. The molecule has 0 saturated heterocycles. The molecule has 2 rings (SSSR count). The number of aromatic nitrogens is 1. The number of ether oxygens (including phenoxy) is 2. The van der Waals surface area contributed by atoms with Gasteiger partial charge in [-0.05, 0) is 6.07 Å². The molecule has 0 atom stereocenters. The first-order valence-corrected chi connectivity index (χ1v) is 9.71. The average molecular weight is 465 g/mol. The lowest BCUT2D eigenvalue weighted by molar-refractivity contribution is -0.121. The molecule has 0 radical (unpaired) electrons. The number of carbonyl (C=O) groups excluding carboxylic acids is 2. The number of rotatable bonds is 8. The van der Waals surface area contributed by atoms with Crippen molar-refractivity contribution in [1.82, 2.24) is 14.0 Å². The van der Waals surface area contributed by atoms with Gasteiger partial charge in [0.25, 0.3) is 12.4 Å². The summed E-state index contributed by atoms with van der Waals surface area (Å²) >= 11 is 5.95. The predicted molar refractivity (Wildman–Crippen MR) is 102 cm³/mol. The molecular formula is C16H15ClF2N4O6S. The Hall–Kier alpha value is -3.03. The zero-order valence-electron chi connectivity index (χ0n) is 15.7. The highest BCUT2D eigenvalue weighted by Gasteiger charge is 2.28. The van der Waals surface area contributed by atoms with Gasteiger partial charge in [-0.2, -0.15) is 12.7 Å². The van der Waals surface area contributed by atoms with Crippen LogP contribution >= 0.6 is 11.6 Å². The van der Waals surface area contributed by atoms with E-state index in [-0.39, 0.29) is 23.1 Å². The van der Waals surface area contributed by atoms with Gasteiger partial charge >= 0.3 is 10.2 Å². The molecule has 0 fully saturated rings. The molecule has 1 heterocycles. The van der Waals surface area contributed by atoms with Crippen molar-refractivity contribution in [3.05, 3.63) is 40.6 Å². The highest BCUT2D eigenvalue weighted by Crippen LogP contribution is 2.39. The van der Waals surface area contributed by atoms with Crippen LogP contribution in [0.5, 0.6) is 17.2 Å². The lowest BCUT2D eigenvalue weighted by atomic mass is 10.1. The number of amides is 1. The van der Waals surface area contributed by atoms with Crippen molar-refractivity contribution in [3.8, 4) is 17.2 Å². The molecular weight excluding hydrogens is 450 g/mol. The second-order valence-corrected chi connectivity index (χ2v) is 7.96. The SMILES string of the molecule is CNc1ncc(Oc2c(F)cc(C(=O)NS(=O)(=O)N(C)C)c(F)c2OC=O)cc1Cl. The van der Waals surface area contributed by atoms with Crippen LogP contribution in [0.4, 0.5) is 14.6 Å². The first kappa shape index (κ1) is 23.3. The van der Waals surface area contributed by atoms with E-state index in [1.807, 2.05) is 0 Å². The molecule has 2 aromatic rings. The highest BCUT2D eigenvalue weighted by molar-refractivity contribution is 7.87. The number of benzene rings is 1. The molecule has 1 aromatic carbocycles. The summed E-state index contributed by atoms with van der Waals surface area (Å²) in [4.78, 5) is 26.8. The second kappa shape index (κ2) is 9.19. The van der Waals surface area contributed by atoms with Gasteiger partial charge in [0.05, 0.1) is 16.8 Å². The number of hydrogen-bond acceptors (Lipinski definition) is 8. The van der Waals surface area contributed by atoms with E-state index in [2.05, 4.69) is 15.0 Å². The van der Waals surface area contributed by atoms with E-state index in [1.54, 1.807) is 7.05 Å². The minimum atomic E-state index is -4.30. The van der Waals surface area contributed by atoms with E-state index in [0.717, 1.165) is 20.3 Å². The summed E-state index contributed by atoms with van der Waals surface area (Å²) in [5.74, 6) is -6.17. The Labute approximate surface area is 174 Å². The summed E-state index contributed by atoms with van der Waals surface area (Å²) in [7, 11) is -0.513. The van der Waals surface area contributed by atoms with Gasteiger partial charge in [-0.3, -0.25) is 9.59 Å². The van der Waals surface area contributed by atoms with Crippen LogP contribution in [0, 0.1) is 11.6 Å². The van der Waals surface area contributed by atoms with E-state index in [0.29, 0.717) is 10.4 Å². The van der Waals surface area contributed by atoms with E-state index in [9.17, 15) is 26.8 Å². The number of anilines is 1. The van der Waals surface area contributed by atoms with E-state index >= 15 is 0 Å². The number of nitrogens with zero attached hydrogens (tertiary/aromatic N) is 2. The molecule has 1 amide bonds. The largest absolute Gasteiger partial charge is 0.449 e. The van der Waals surface area contributed by atoms with E-state index < -0.39 is 44.8 Å². The van der Waals surface area contributed by atoms with Gasteiger partial charge in [-0.15, -0.1) is 0 Å². The quantitative estimate of drug-likeness (QED) is 0.567. The van der Waals surface area contributed by atoms with Gasteiger partial charge in [-0.25, -0.2) is 18.5 Å². The smallest absolute Gasteiger partial charge is 0.303 e. The molecule has 10 nitrogen and oxygen atoms in total. The van der Waals surface area contributed by atoms with Crippen molar-refractivity contribution in [3.63, 3.8) is 0 Å². The zero-order valence-corrected chi connectivity index (χ0v) is 17.3. The Morgan fingerprint density at radius 2 is 1.93 bits per heavy atom. The molecule has 1 aromatic heterocycles. The molecule has 0 aliphatic rings. The maximum absolute atomic E-state index is 14.8. The zero-order chi connectivity index (χ0) is 22.6.